The van der Waals surface area contributed by atoms with Crippen molar-refractivity contribution in [3.8, 4) is 5.75 Å². The lowest BCUT2D eigenvalue weighted by Gasteiger charge is -2.23. The minimum absolute atomic E-state index is 0.0692. The summed E-state index contributed by atoms with van der Waals surface area (Å²) in [6, 6.07) is 17.1. The van der Waals surface area contributed by atoms with Gasteiger partial charge < -0.3 is 20.5 Å². The van der Waals surface area contributed by atoms with Crippen LogP contribution in [0.15, 0.2) is 85.0 Å². The number of amides is 2. The first kappa shape index (κ1) is 26.2. The fraction of sp³-hybridized carbons (Fsp3) is 0.200. The van der Waals surface area contributed by atoms with Crippen molar-refractivity contribution in [3.05, 3.63) is 107 Å². The van der Waals surface area contributed by atoms with E-state index in [4.69, 9.17) is 4.74 Å². The minimum atomic E-state index is -4.45. The smallest absolute Gasteiger partial charge is 0.416 e. The van der Waals surface area contributed by atoms with Gasteiger partial charge in [0.2, 0.25) is 5.91 Å². The maximum absolute atomic E-state index is 13.1. The quantitative estimate of drug-likeness (QED) is 0.267. The van der Waals surface area contributed by atoms with Crippen LogP contribution in [-0.2, 0) is 22.2 Å². The molecule has 39 heavy (non-hydrogen) atoms. The van der Waals surface area contributed by atoms with E-state index in [0.717, 1.165) is 36.3 Å². The number of allylic oxidation sites excluding steroid dienone is 2. The number of nitrogens with one attached hydrogen (secondary N) is 2. The molecule has 0 saturated heterocycles. The zero-order chi connectivity index (χ0) is 27.6. The van der Waals surface area contributed by atoms with Crippen LogP contribution >= 0.6 is 0 Å². The molecule has 0 spiro atoms. The molecule has 1 aliphatic heterocycles. The molecule has 1 unspecified atom stereocenters. The Kier molecular flexibility index (Phi) is 7.26. The number of halogens is 3. The summed E-state index contributed by atoms with van der Waals surface area (Å²) in [6.07, 6.45) is 1.16. The number of carbonyl (C=O) groups is 2. The number of hydrogen-bond acceptors (Lipinski definition) is 4. The summed E-state index contributed by atoms with van der Waals surface area (Å²) < 4.78 is 45.1. The van der Waals surface area contributed by atoms with Crippen LogP contribution in [-0.4, -0.2) is 29.1 Å². The van der Waals surface area contributed by atoms with E-state index in [0.29, 0.717) is 28.1 Å². The van der Waals surface area contributed by atoms with E-state index in [9.17, 15) is 27.9 Å². The lowest BCUT2D eigenvalue weighted by Crippen LogP contribution is -2.34. The molecular formula is C30H25F3N2O4. The summed E-state index contributed by atoms with van der Waals surface area (Å²) in [6.45, 7) is 0. The number of aliphatic hydroxyl groups excluding tert-OH is 1. The summed E-state index contributed by atoms with van der Waals surface area (Å²) in [5.74, 6) is -0.236. The van der Waals surface area contributed by atoms with E-state index in [1.807, 2.05) is 24.3 Å². The van der Waals surface area contributed by atoms with E-state index in [2.05, 4.69) is 10.6 Å². The molecule has 1 atom stereocenters. The number of carbonyl (C=O) groups excluding carboxylic acids is 2. The Labute approximate surface area is 222 Å². The highest BCUT2D eigenvalue weighted by atomic mass is 19.4. The number of rotatable bonds is 7. The minimum Gasteiger partial charge on any atom is -0.490 e. The van der Waals surface area contributed by atoms with E-state index in [1.165, 1.54) is 24.3 Å². The molecule has 1 aliphatic carbocycles. The van der Waals surface area contributed by atoms with Crippen molar-refractivity contribution < 1.29 is 32.6 Å². The van der Waals surface area contributed by atoms with Crippen LogP contribution in [0.2, 0.25) is 0 Å². The van der Waals surface area contributed by atoms with Crippen LogP contribution < -0.4 is 15.4 Å². The average molecular weight is 535 g/mol. The molecule has 6 nitrogen and oxygen atoms in total. The summed E-state index contributed by atoms with van der Waals surface area (Å²) in [5.41, 5.74) is 2.75. The number of hydrogen-bond donors (Lipinski definition) is 3. The second-order valence-corrected chi connectivity index (χ2v) is 9.39. The highest BCUT2D eigenvalue weighted by Gasteiger charge is 2.30. The van der Waals surface area contributed by atoms with Crippen molar-refractivity contribution in [1.82, 2.24) is 0 Å². The summed E-state index contributed by atoms with van der Waals surface area (Å²) in [4.78, 5) is 24.4. The van der Waals surface area contributed by atoms with Gasteiger partial charge in [0.25, 0.3) is 5.91 Å². The van der Waals surface area contributed by atoms with Gasteiger partial charge in [-0.1, -0.05) is 42.5 Å². The van der Waals surface area contributed by atoms with Crippen molar-refractivity contribution in [3.63, 3.8) is 0 Å². The summed E-state index contributed by atoms with van der Waals surface area (Å²) in [5, 5.41) is 15.3. The van der Waals surface area contributed by atoms with Gasteiger partial charge >= 0.3 is 6.18 Å². The molecule has 1 fully saturated rings. The number of alkyl halides is 3. The molecular weight excluding hydrogens is 509 g/mol. The van der Waals surface area contributed by atoms with Crippen LogP contribution in [0.1, 0.15) is 35.1 Å². The second-order valence-electron chi connectivity index (χ2n) is 9.39. The van der Waals surface area contributed by atoms with E-state index in [-0.39, 0.29) is 12.5 Å². The molecule has 0 bridgehead atoms. The van der Waals surface area contributed by atoms with Gasteiger partial charge in [-0.3, -0.25) is 9.59 Å². The highest BCUT2D eigenvalue weighted by molar-refractivity contribution is 6.03. The molecule has 0 radical (unpaired) electrons. The van der Waals surface area contributed by atoms with Gasteiger partial charge in [-0.05, 0) is 65.9 Å². The third-order valence-corrected chi connectivity index (χ3v) is 6.42. The van der Waals surface area contributed by atoms with Crippen LogP contribution in [0.3, 0.4) is 0 Å². The van der Waals surface area contributed by atoms with E-state index in [1.54, 1.807) is 24.3 Å². The fourth-order valence-corrected chi connectivity index (χ4v) is 4.24. The Bertz CT molecular complexity index is 1440. The second kappa shape index (κ2) is 10.8. The largest absolute Gasteiger partial charge is 0.490 e. The first-order valence-electron chi connectivity index (χ1n) is 12.4. The van der Waals surface area contributed by atoms with Gasteiger partial charge in [-0.25, -0.2) is 0 Å². The Morgan fingerprint density at radius 3 is 2.31 bits per heavy atom. The number of aliphatic hydroxyl groups is 1. The predicted octanol–water partition coefficient (Wildman–Crippen LogP) is 5.73. The standard InChI is InChI=1S/C30H25F3N2O4/c31-30(32,33)20-11-7-18(8-12-20)23(19-9-13-21(14-10-19)39-22-15-16-22)3-1-6-28(37)34-25-4-2-5-26-24(25)17-27(36)29(38)35-26/h1-14,22,27,36H,15-17H2,(H,34,37)(H,35,38). The van der Waals surface area contributed by atoms with Crippen LogP contribution in [0.4, 0.5) is 24.5 Å². The first-order valence-corrected chi connectivity index (χ1v) is 12.4. The van der Waals surface area contributed by atoms with Gasteiger partial charge in [0.05, 0.1) is 11.7 Å². The van der Waals surface area contributed by atoms with Gasteiger partial charge in [-0.2, -0.15) is 13.2 Å². The van der Waals surface area contributed by atoms with Crippen LogP contribution in [0.5, 0.6) is 5.75 Å². The predicted molar refractivity (Wildman–Crippen MR) is 141 cm³/mol. The number of ether oxygens (including phenoxy) is 1. The Morgan fingerprint density at radius 2 is 1.67 bits per heavy atom. The molecule has 0 aromatic heterocycles. The lowest BCUT2D eigenvalue weighted by atomic mass is 9.96. The third kappa shape index (κ3) is 6.38. The number of benzene rings is 3. The molecule has 2 aliphatic rings. The molecule has 2 amide bonds. The Balaban J connectivity index is 1.38. The van der Waals surface area contributed by atoms with Gasteiger partial charge in [0, 0.05) is 29.4 Å². The number of fused-ring (bicyclic) bond motifs is 1. The van der Waals surface area contributed by atoms with Crippen molar-refractivity contribution in [1.29, 1.82) is 0 Å². The maximum Gasteiger partial charge on any atom is 0.416 e. The normalized spacial score (nSPS) is 17.5. The zero-order valence-electron chi connectivity index (χ0n) is 20.7. The van der Waals surface area contributed by atoms with Gasteiger partial charge in [0.1, 0.15) is 11.9 Å². The third-order valence-electron chi connectivity index (χ3n) is 6.42. The first-order chi connectivity index (χ1) is 18.7. The number of anilines is 2. The molecule has 3 aromatic carbocycles. The van der Waals surface area contributed by atoms with E-state index >= 15 is 0 Å². The monoisotopic (exact) mass is 534 g/mol. The molecule has 3 N–H and O–H groups in total. The SMILES string of the molecule is O=C(C=CC=C(c1ccc(OC2CC2)cc1)c1ccc(C(F)(F)F)cc1)Nc1cccc2c1CC(O)C(=O)N2. The van der Waals surface area contributed by atoms with Crippen LogP contribution in [0.25, 0.3) is 5.57 Å². The van der Waals surface area contributed by atoms with Crippen molar-refractivity contribution in [2.75, 3.05) is 10.6 Å². The molecule has 5 rings (SSSR count). The highest BCUT2D eigenvalue weighted by Crippen LogP contribution is 2.33. The lowest BCUT2D eigenvalue weighted by molar-refractivity contribution is -0.137. The van der Waals surface area contributed by atoms with Crippen molar-refractivity contribution >= 4 is 28.8 Å². The average Bonchev–Trinajstić information content (AvgIpc) is 3.72. The Hall–Kier alpha value is -4.37. The van der Waals surface area contributed by atoms with E-state index < -0.39 is 29.7 Å². The molecule has 9 heteroatoms. The molecule has 3 aromatic rings. The Morgan fingerprint density at radius 1 is 1.00 bits per heavy atom. The van der Waals surface area contributed by atoms with Crippen molar-refractivity contribution in [2.45, 2.75) is 37.6 Å². The summed E-state index contributed by atoms with van der Waals surface area (Å²) in [7, 11) is 0. The maximum atomic E-state index is 13.1. The topological polar surface area (TPSA) is 87.7 Å². The van der Waals surface area contributed by atoms with Gasteiger partial charge in [0.15, 0.2) is 0 Å². The van der Waals surface area contributed by atoms with Crippen molar-refractivity contribution in [2.24, 2.45) is 0 Å². The van der Waals surface area contributed by atoms with Gasteiger partial charge in [-0.15, -0.1) is 0 Å². The van der Waals surface area contributed by atoms with Crippen LogP contribution in [0, 0.1) is 0 Å². The molecule has 1 heterocycles. The fourth-order valence-electron chi connectivity index (χ4n) is 4.24. The molecule has 1 saturated carbocycles. The summed E-state index contributed by atoms with van der Waals surface area (Å²) >= 11 is 0. The zero-order valence-corrected chi connectivity index (χ0v) is 20.7. The molecule has 200 valence electrons.